The van der Waals surface area contributed by atoms with Gasteiger partial charge >= 0.3 is 0 Å². The Morgan fingerprint density at radius 2 is 1.83 bits per heavy atom. The lowest BCUT2D eigenvalue weighted by molar-refractivity contribution is 0.105. The van der Waals surface area contributed by atoms with Gasteiger partial charge in [-0.1, -0.05) is 20.3 Å². The second kappa shape index (κ2) is 6.44. The number of methoxy groups -OCH3 is 1. The zero-order valence-corrected chi connectivity index (χ0v) is 8.84. The average molecular weight is 173 g/mol. The van der Waals surface area contributed by atoms with E-state index < -0.39 is 0 Å². The van der Waals surface area contributed by atoms with Crippen molar-refractivity contribution in [1.29, 1.82) is 0 Å². The molecule has 0 aromatic heterocycles. The Morgan fingerprint density at radius 1 is 1.25 bits per heavy atom. The Balaban J connectivity index is 3.49. The Hall–Kier alpha value is -0.0800. The summed E-state index contributed by atoms with van der Waals surface area (Å²) < 4.78 is 5.16. The van der Waals surface area contributed by atoms with E-state index in [4.69, 9.17) is 10.5 Å². The molecule has 0 fully saturated rings. The lowest BCUT2D eigenvalue weighted by atomic mass is 9.95. The normalized spacial score (nSPS) is 18.8. The smallest absolute Gasteiger partial charge is 0.0543 e. The Labute approximate surface area is 76.5 Å². The highest BCUT2D eigenvalue weighted by Crippen LogP contribution is 2.12. The SMILES string of the molecule is CCC(C)C(N)CCC(C)OC. The van der Waals surface area contributed by atoms with Gasteiger partial charge in [-0.05, 0) is 25.7 Å². The van der Waals surface area contributed by atoms with Crippen LogP contribution in [0.4, 0.5) is 0 Å². The van der Waals surface area contributed by atoms with Crippen LogP contribution in [0.2, 0.25) is 0 Å². The third kappa shape index (κ3) is 4.73. The van der Waals surface area contributed by atoms with Gasteiger partial charge < -0.3 is 10.5 Å². The molecule has 3 unspecified atom stereocenters. The van der Waals surface area contributed by atoms with Gasteiger partial charge in [-0.25, -0.2) is 0 Å². The number of nitrogens with two attached hydrogens (primary N) is 1. The maximum atomic E-state index is 5.98. The zero-order chi connectivity index (χ0) is 9.56. The van der Waals surface area contributed by atoms with Crippen molar-refractivity contribution in [3.8, 4) is 0 Å². The van der Waals surface area contributed by atoms with E-state index in [9.17, 15) is 0 Å². The van der Waals surface area contributed by atoms with E-state index in [1.807, 2.05) is 0 Å². The molecule has 2 N–H and O–H groups in total. The summed E-state index contributed by atoms with van der Waals surface area (Å²) in [4.78, 5) is 0. The van der Waals surface area contributed by atoms with Crippen LogP contribution in [-0.4, -0.2) is 19.3 Å². The molecule has 3 atom stereocenters. The van der Waals surface area contributed by atoms with Crippen molar-refractivity contribution in [1.82, 2.24) is 0 Å². The molecule has 2 heteroatoms. The lowest BCUT2D eigenvalue weighted by Gasteiger charge is -2.19. The second-order valence-electron chi connectivity index (χ2n) is 3.67. The first kappa shape index (κ1) is 11.9. The molecular weight excluding hydrogens is 150 g/mol. The minimum atomic E-state index is 0.340. The predicted molar refractivity (Wildman–Crippen MR) is 53.1 cm³/mol. The van der Waals surface area contributed by atoms with Crippen molar-refractivity contribution in [2.45, 2.75) is 52.2 Å². The molecule has 74 valence electrons. The molecule has 2 nitrogen and oxygen atoms in total. The largest absolute Gasteiger partial charge is 0.382 e. The molecule has 0 amide bonds. The second-order valence-corrected chi connectivity index (χ2v) is 3.67. The van der Waals surface area contributed by atoms with Crippen molar-refractivity contribution < 1.29 is 4.74 Å². The molecular formula is C10H23NO. The van der Waals surface area contributed by atoms with Gasteiger partial charge in [-0.3, -0.25) is 0 Å². The quantitative estimate of drug-likeness (QED) is 0.668. The van der Waals surface area contributed by atoms with Crippen LogP contribution in [0, 0.1) is 5.92 Å². The first-order valence-corrected chi connectivity index (χ1v) is 4.90. The molecule has 12 heavy (non-hydrogen) atoms. The van der Waals surface area contributed by atoms with E-state index in [1.54, 1.807) is 7.11 Å². The average Bonchev–Trinajstić information content (AvgIpc) is 2.11. The Bertz CT molecular complexity index is 106. The third-order valence-corrected chi connectivity index (χ3v) is 2.68. The summed E-state index contributed by atoms with van der Waals surface area (Å²) in [6.45, 7) is 6.48. The highest BCUT2D eigenvalue weighted by Gasteiger charge is 2.11. The minimum absolute atomic E-state index is 0.340. The monoisotopic (exact) mass is 173 g/mol. The van der Waals surface area contributed by atoms with Gasteiger partial charge in [-0.2, -0.15) is 0 Å². The fraction of sp³-hybridized carbons (Fsp3) is 1.00. The molecule has 0 aromatic carbocycles. The highest BCUT2D eigenvalue weighted by molar-refractivity contribution is 4.69. The maximum Gasteiger partial charge on any atom is 0.0543 e. The summed E-state index contributed by atoms with van der Waals surface area (Å²) in [7, 11) is 1.75. The molecule has 0 rings (SSSR count). The van der Waals surface area contributed by atoms with Gasteiger partial charge in [0.25, 0.3) is 0 Å². The van der Waals surface area contributed by atoms with Crippen LogP contribution in [0.3, 0.4) is 0 Å². The molecule has 0 saturated carbocycles. The predicted octanol–water partition coefficient (Wildman–Crippen LogP) is 2.17. The molecule has 0 aliphatic rings. The number of hydrogen-bond acceptors (Lipinski definition) is 2. The van der Waals surface area contributed by atoms with Crippen LogP contribution in [0.1, 0.15) is 40.0 Å². The van der Waals surface area contributed by atoms with Crippen molar-refractivity contribution in [2.24, 2.45) is 11.7 Å². The number of ether oxygens (including phenoxy) is 1. The fourth-order valence-electron chi connectivity index (χ4n) is 1.13. The van der Waals surface area contributed by atoms with Crippen molar-refractivity contribution >= 4 is 0 Å². The summed E-state index contributed by atoms with van der Waals surface area (Å²) in [5, 5.41) is 0. The van der Waals surface area contributed by atoms with Crippen molar-refractivity contribution in [3.63, 3.8) is 0 Å². The molecule has 0 aliphatic carbocycles. The van der Waals surface area contributed by atoms with Gasteiger partial charge in [0.15, 0.2) is 0 Å². The number of rotatable bonds is 6. The number of hydrogen-bond donors (Lipinski definition) is 1. The fourth-order valence-corrected chi connectivity index (χ4v) is 1.13. The lowest BCUT2D eigenvalue weighted by Crippen LogP contribution is -2.28. The highest BCUT2D eigenvalue weighted by atomic mass is 16.5. The summed E-state index contributed by atoms with van der Waals surface area (Å²) in [5.41, 5.74) is 5.98. The first-order chi connectivity index (χ1) is 5.61. The molecule has 0 aromatic rings. The van der Waals surface area contributed by atoms with E-state index >= 15 is 0 Å². The molecule has 0 saturated heterocycles. The van der Waals surface area contributed by atoms with Crippen molar-refractivity contribution in [2.75, 3.05) is 7.11 Å². The molecule has 0 heterocycles. The van der Waals surface area contributed by atoms with Crippen LogP contribution >= 0.6 is 0 Å². The summed E-state index contributed by atoms with van der Waals surface area (Å²) in [5.74, 6) is 0.633. The zero-order valence-electron chi connectivity index (χ0n) is 8.84. The van der Waals surface area contributed by atoms with E-state index in [1.165, 1.54) is 6.42 Å². The van der Waals surface area contributed by atoms with E-state index in [0.717, 1.165) is 12.8 Å². The minimum Gasteiger partial charge on any atom is -0.382 e. The summed E-state index contributed by atoms with van der Waals surface area (Å²) >= 11 is 0. The van der Waals surface area contributed by atoms with Gasteiger partial charge in [0.1, 0.15) is 0 Å². The molecule has 0 spiro atoms. The summed E-state index contributed by atoms with van der Waals surface area (Å²) in [6.07, 6.45) is 3.66. The van der Waals surface area contributed by atoms with Crippen LogP contribution in [0.15, 0.2) is 0 Å². The van der Waals surface area contributed by atoms with Crippen molar-refractivity contribution in [3.05, 3.63) is 0 Å². The van der Waals surface area contributed by atoms with Gasteiger partial charge in [0.2, 0.25) is 0 Å². The molecule has 0 aliphatic heterocycles. The standard InChI is InChI=1S/C10H23NO/c1-5-8(2)10(11)7-6-9(3)12-4/h8-10H,5-7,11H2,1-4H3. The molecule has 0 bridgehead atoms. The van der Waals surface area contributed by atoms with E-state index in [2.05, 4.69) is 20.8 Å². The van der Waals surface area contributed by atoms with Gasteiger partial charge in [-0.15, -0.1) is 0 Å². The summed E-state index contributed by atoms with van der Waals surface area (Å²) in [6, 6.07) is 0.340. The van der Waals surface area contributed by atoms with E-state index in [-0.39, 0.29) is 0 Å². The molecule has 0 radical (unpaired) electrons. The van der Waals surface area contributed by atoms with Gasteiger partial charge in [0.05, 0.1) is 6.10 Å². The Kier molecular flexibility index (Phi) is 6.39. The van der Waals surface area contributed by atoms with Crippen LogP contribution in [0.25, 0.3) is 0 Å². The van der Waals surface area contributed by atoms with Crippen LogP contribution in [0.5, 0.6) is 0 Å². The maximum absolute atomic E-state index is 5.98. The first-order valence-electron chi connectivity index (χ1n) is 4.90. The topological polar surface area (TPSA) is 35.2 Å². The van der Waals surface area contributed by atoms with E-state index in [0.29, 0.717) is 18.1 Å². The third-order valence-electron chi connectivity index (χ3n) is 2.68. The Morgan fingerprint density at radius 3 is 2.25 bits per heavy atom. The van der Waals surface area contributed by atoms with Gasteiger partial charge in [0, 0.05) is 13.2 Å². The van der Waals surface area contributed by atoms with Crippen LogP contribution < -0.4 is 5.73 Å². The van der Waals surface area contributed by atoms with Crippen LogP contribution in [-0.2, 0) is 4.74 Å².